The molecular weight excluding hydrogens is 340 g/mol. The molecule has 3 rings (SSSR count). The van der Waals surface area contributed by atoms with Gasteiger partial charge in [0.2, 0.25) is 5.91 Å². The molecule has 0 bridgehead atoms. The van der Waals surface area contributed by atoms with Crippen LogP contribution in [-0.2, 0) is 11.2 Å². The van der Waals surface area contributed by atoms with Gasteiger partial charge in [0.15, 0.2) is 18.1 Å². The van der Waals surface area contributed by atoms with E-state index >= 15 is 0 Å². The second kappa shape index (κ2) is 8.91. The van der Waals surface area contributed by atoms with Gasteiger partial charge < -0.3 is 14.8 Å². The van der Waals surface area contributed by atoms with Gasteiger partial charge in [0.1, 0.15) is 6.07 Å². The summed E-state index contributed by atoms with van der Waals surface area (Å²) in [6.07, 6.45) is 6.36. The van der Waals surface area contributed by atoms with Crippen LogP contribution in [0.3, 0.4) is 0 Å². The SMILES string of the molecule is COc1cc(/C=C/C(=O)N[C@H]2CCCc3ccccc32)ccc1OCC#N. The second-order valence-electron chi connectivity index (χ2n) is 6.34. The summed E-state index contributed by atoms with van der Waals surface area (Å²) in [4.78, 5) is 12.4. The molecule has 0 spiro atoms. The summed E-state index contributed by atoms with van der Waals surface area (Å²) in [5.41, 5.74) is 3.34. The van der Waals surface area contributed by atoms with Crippen LogP contribution in [0.2, 0.25) is 0 Å². The third-order valence-corrected chi connectivity index (χ3v) is 4.59. The van der Waals surface area contributed by atoms with Gasteiger partial charge in [-0.2, -0.15) is 5.26 Å². The van der Waals surface area contributed by atoms with Crippen molar-refractivity contribution in [1.82, 2.24) is 5.32 Å². The molecule has 0 saturated heterocycles. The van der Waals surface area contributed by atoms with Crippen molar-refractivity contribution in [2.75, 3.05) is 13.7 Å². The molecule has 138 valence electrons. The van der Waals surface area contributed by atoms with Crippen LogP contribution in [0.15, 0.2) is 48.5 Å². The van der Waals surface area contributed by atoms with Gasteiger partial charge in [-0.05, 0) is 54.2 Å². The van der Waals surface area contributed by atoms with Gasteiger partial charge in [-0.3, -0.25) is 4.79 Å². The highest BCUT2D eigenvalue weighted by Gasteiger charge is 2.20. The van der Waals surface area contributed by atoms with Crippen molar-refractivity contribution < 1.29 is 14.3 Å². The number of methoxy groups -OCH3 is 1. The predicted molar refractivity (Wildman–Crippen MR) is 103 cm³/mol. The molecule has 0 saturated carbocycles. The molecule has 0 fully saturated rings. The molecule has 1 aliphatic carbocycles. The predicted octanol–water partition coefficient (Wildman–Crippen LogP) is 3.80. The Labute approximate surface area is 159 Å². The number of carbonyl (C=O) groups excluding carboxylic acids is 1. The zero-order chi connectivity index (χ0) is 19.1. The van der Waals surface area contributed by atoms with E-state index in [9.17, 15) is 4.79 Å². The monoisotopic (exact) mass is 362 g/mol. The molecule has 27 heavy (non-hydrogen) atoms. The molecule has 0 unspecified atom stereocenters. The first-order chi connectivity index (χ1) is 13.2. The van der Waals surface area contributed by atoms with Gasteiger partial charge >= 0.3 is 0 Å². The fourth-order valence-electron chi connectivity index (χ4n) is 3.31. The highest BCUT2D eigenvalue weighted by Crippen LogP contribution is 2.30. The molecule has 1 amide bonds. The smallest absolute Gasteiger partial charge is 0.244 e. The number of hydrogen-bond acceptors (Lipinski definition) is 4. The van der Waals surface area contributed by atoms with Gasteiger partial charge in [-0.15, -0.1) is 0 Å². The van der Waals surface area contributed by atoms with Crippen LogP contribution < -0.4 is 14.8 Å². The van der Waals surface area contributed by atoms with Crippen LogP contribution in [0.1, 0.15) is 35.6 Å². The van der Waals surface area contributed by atoms with E-state index in [0.29, 0.717) is 11.5 Å². The first-order valence-electron chi connectivity index (χ1n) is 8.95. The summed E-state index contributed by atoms with van der Waals surface area (Å²) < 4.78 is 10.6. The van der Waals surface area contributed by atoms with E-state index in [1.807, 2.05) is 24.3 Å². The lowest BCUT2D eigenvalue weighted by Crippen LogP contribution is -2.29. The molecule has 5 heteroatoms. The Morgan fingerprint density at radius 3 is 2.96 bits per heavy atom. The minimum Gasteiger partial charge on any atom is -0.493 e. The third kappa shape index (κ3) is 4.68. The number of fused-ring (bicyclic) bond motifs is 1. The molecule has 2 aromatic rings. The maximum absolute atomic E-state index is 12.4. The van der Waals surface area contributed by atoms with Crippen LogP contribution in [-0.4, -0.2) is 19.6 Å². The van der Waals surface area contributed by atoms with Crippen LogP contribution in [0.25, 0.3) is 6.08 Å². The highest BCUT2D eigenvalue weighted by atomic mass is 16.5. The summed E-state index contributed by atoms with van der Waals surface area (Å²) in [5, 5.41) is 11.7. The zero-order valence-corrected chi connectivity index (χ0v) is 15.3. The highest BCUT2D eigenvalue weighted by molar-refractivity contribution is 5.92. The lowest BCUT2D eigenvalue weighted by molar-refractivity contribution is -0.117. The van der Waals surface area contributed by atoms with Gasteiger partial charge in [-0.25, -0.2) is 0 Å². The minimum atomic E-state index is -0.125. The Hall–Kier alpha value is -3.26. The molecule has 2 aromatic carbocycles. The van der Waals surface area contributed by atoms with E-state index in [2.05, 4.69) is 17.4 Å². The van der Waals surface area contributed by atoms with Crippen molar-refractivity contribution >= 4 is 12.0 Å². The lowest BCUT2D eigenvalue weighted by atomic mass is 9.88. The number of nitriles is 1. The second-order valence-corrected chi connectivity index (χ2v) is 6.34. The van der Waals surface area contributed by atoms with Gasteiger partial charge in [0.25, 0.3) is 0 Å². The van der Waals surface area contributed by atoms with E-state index in [1.165, 1.54) is 24.3 Å². The molecule has 1 atom stereocenters. The Bertz CT molecular complexity index is 883. The molecule has 1 N–H and O–H groups in total. The first-order valence-corrected chi connectivity index (χ1v) is 8.95. The fourth-order valence-corrected chi connectivity index (χ4v) is 3.31. The molecule has 1 aliphatic rings. The molecule has 5 nitrogen and oxygen atoms in total. The number of nitrogens with zero attached hydrogens (tertiary/aromatic N) is 1. The van der Waals surface area contributed by atoms with E-state index in [-0.39, 0.29) is 18.6 Å². The molecule has 0 heterocycles. The lowest BCUT2D eigenvalue weighted by Gasteiger charge is -2.25. The van der Waals surface area contributed by atoms with Crippen molar-refractivity contribution in [2.24, 2.45) is 0 Å². The van der Waals surface area contributed by atoms with Crippen LogP contribution >= 0.6 is 0 Å². The topological polar surface area (TPSA) is 71.3 Å². The Balaban J connectivity index is 1.66. The molecular formula is C22H22N2O3. The number of carbonyl (C=O) groups is 1. The number of benzene rings is 2. The summed E-state index contributed by atoms with van der Waals surface area (Å²) in [6.45, 7) is -0.0448. The Morgan fingerprint density at radius 2 is 2.15 bits per heavy atom. The van der Waals surface area contributed by atoms with Crippen LogP contribution in [0.5, 0.6) is 11.5 Å². The molecule has 0 aromatic heterocycles. The van der Waals surface area contributed by atoms with Crippen molar-refractivity contribution in [3.8, 4) is 17.6 Å². The molecule has 0 radical (unpaired) electrons. The zero-order valence-electron chi connectivity index (χ0n) is 15.3. The maximum Gasteiger partial charge on any atom is 0.244 e. The molecule has 0 aliphatic heterocycles. The summed E-state index contributed by atoms with van der Waals surface area (Å²) in [6, 6.07) is 15.6. The largest absolute Gasteiger partial charge is 0.493 e. The quantitative estimate of drug-likeness (QED) is 0.794. The van der Waals surface area contributed by atoms with E-state index in [1.54, 1.807) is 18.2 Å². The van der Waals surface area contributed by atoms with Crippen molar-refractivity contribution in [3.63, 3.8) is 0 Å². The number of rotatable bonds is 6. The number of nitrogens with one attached hydrogen (secondary N) is 1. The summed E-state index contributed by atoms with van der Waals surface area (Å²) >= 11 is 0. The van der Waals surface area contributed by atoms with Gasteiger partial charge in [0.05, 0.1) is 13.2 Å². The maximum atomic E-state index is 12.4. The van der Waals surface area contributed by atoms with Crippen LogP contribution in [0, 0.1) is 11.3 Å². The van der Waals surface area contributed by atoms with Gasteiger partial charge in [0, 0.05) is 6.08 Å². The van der Waals surface area contributed by atoms with Crippen molar-refractivity contribution in [3.05, 3.63) is 65.2 Å². The van der Waals surface area contributed by atoms with Crippen molar-refractivity contribution in [2.45, 2.75) is 25.3 Å². The van der Waals surface area contributed by atoms with Gasteiger partial charge in [-0.1, -0.05) is 30.3 Å². The van der Waals surface area contributed by atoms with E-state index in [0.717, 1.165) is 24.8 Å². The third-order valence-electron chi connectivity index (χ3n) is 4.59. The standard InChI is InChI=1S/C22H22N2O3/c1-26-21-15-16(9-11-20(21)27-14-13-23)10-12-22(25)24-19-8-4-6-17-5-2-3-7-18(17)19/h2-3,5,7,9-12,15,19H,4,6,8,14H2,1H3,(H,24,25)/b12-10+/t19-/m0/s1. The van der Waals surface area contributed by atoms with E-state index < -0.39 is 0 Å². The summed E-state index contributed by atoms with van der Waals surface area (Å²) in [7, 11) is 1.54. The van der Waals surface area contributed by atoms with E-state index in [4.69, 9.17) is 14.7 Å². The fraction of sp³-hybridized carbons (Fsp3) is 0.273. The first kappa shape index (κ1) is 18.5. The van der Waals surface area contributed by atoms with Crippen molar-refractivity contribution in [1.29, 1.82) is 5.26 Å². The average molecular weight is 362 g/mol. The Kier molecular flexibility index (Phi) is 6.11. The Morgan fingerprint density at radius 1 is 1.30 bits per heavy atom. The summed E-state index contributed by atoms with van der Waals surface area (Å²) in [5.74, 6) is 0.897. The number of ether oxygens (including phenoxy) is 2. The van der Waals surface area contributed by atoms with Crippen LogP contribution in [0.4, 0.5) is 0 Å². The number of hydrogen-bond donors (Lipinski definition) is 1. The number of aryl methyl sites for hydroxylation is 1. The average Bonchev–Trinajstić information content (AvgIpc) is 2.71. The normalized spacial score (nSPS) is 15.6. The minimum absolute atomic E-state index is 0.0448. The number of amides is 1.